The molecule has 2 rings (SSSR count). The molecule has 0 heterocycles. The van der Waals surface area contributed by atoms with Crippen LogP contribution in [0.15, 0.2) is 23.8 Å². The van der Waals surface area contributed by atoms with Crippen LogP contribution in [-0.2, 0) is 28.7 Å². The molecule has 0 bridgehead atoms. The minimum absolute atomic E-state index is 0.169. The van der Waals surface area contributed by atoms with Gasteiger partial charge in [0.25, 0.3) is 0 Å². The van der Waals surface area contributed by atoms with Crippen LogP contribution in [0.4, 0.5) is 0 Å². The number of ether oxygens (including phenoxy) is 2. The van der Waals surface area contributed by atoms with Crippen LogP contribution in [0.5, 0.6) is 0 Å². The standard InChI is InChI=1S/C22H30O6/c1-15-5-4-6-17-8-12-20(25)22(17,21(26)27-3)14-13-18(24)9-11-19(10-7-15)28-16(2)23/h5,13-14,17,19H,4,6-12H2,1-3H3/b14-13+,15-5+/t17-,19+,22-/m1/s1. The van der Waals surface area contributed by atoms with Crippen LogP contribution in [0.3, 0.4) is 0 Å². The zero-order valence-corrected chi connectivity index (χ0v) is 17.0. The lowest BCUT2D eigenvalue weighted by molar-refractivity contribution is -0.155. The summed E-state index contributed by atoms with van der Waals surface area (Å²) in [6.45, 7) is 3.39. The number of ketones is 2. The van der Waals surface area contributed by atoms with E-state index in [0.29, 0.717) is 32.1 Å². The van der Waals surface area contributed by atoms with Crippen LogP contribution >= 0.6 is 0 Å². The van der Waals surface area contributed by atoms with Crippen LogP contribution in [0.25, 0.3) is 0 Å². The van der Waals surface area contributed by atoms with Crippen molar-refractivity contribution in [2.24, 2.45) is 11.3 Å². The number of carbonyl (C=O) groups is 4. The van der Waals surface area contributed by atoms with Crippen molar-refractivity contribution in [3.05, 3.63) is 23.8 Å². The summed E-state index contributed by atoms with van der Waals surface area (Å²) in [6, 6.07) is 0. The SMILES string of the molecule is COC(=O)[C@]12/C=C/C(=O)CC[C@@H](OC(C)=O)CC/C(C)=C/CC[C@@H]1CCC2=O. The summed E-state index contributed by atoms with van der Waals surface area (Å²) in [5.41, 5.74) is -0.199. The van der Waals surface area contributed by atoms with Gasteiger partial charge in [-0.05, 0) is 57.4 Å². The van der Waals surface area contributed by atoms with Gasteiger partial charge >= 0.3 is 11.9 Å². The van der Waals surface area contributed by atoms with Gasteiger partial charge in [0.05, 0.1) is 7.11 Å². The molecule has 6 heteroatoms. The Morgan fingerprint density at radius 2 is 1.79 bits per heavy atom. The molecule has 0 aromatic heterocycles. The zero-order chi connectivity index (χ0) is 20.7. The van der Waals surface area contributed by atoms with Crippen LogP contribution in [0, 0.1) is 11.3 Å². The Morgan fingerprint density at radius 3 is 2.46 bits per heavy atom. The summed E-state index contributed by atoms with van der Waals surface area (Å²) in [4.78, 5) is 49.0. The Hall–Kier alpha value is -2.24. The Bertz CT molecular complexity index is 689. The van der Waals surface area contributed by atoms with Gasteiger partial charge in [-0.2, -0.15) is 0 Å². The van der Waals surface area contributed by atoms with Gasteiger partial charge in [-0.1, -0.05) is 17.7 Å². The number of esters is 2. The maximum absolute atomic E-state index is 12.7. The largest absolute Gasteiger partial charge is 0.468 e. The highest BCUT2D eigenvalue weighted by molar-refractivity contribution is 6.08. The van der Waals surface area contributed by atoms with Gasteiger partial charge in [-0.3, -0.25) is 19.2 Å². The summed E-state index contributed by atoms with van der Waals surface area (Å²) in [5.74, 6) is -1.49. The molecule has 0 radical (unpaired) electrons. The third-order valence-corrected chi connectivity index (χ3v) is 5.79. The molecule has 2 aliphatic carbocycles. The lowest BCUT2D eigenvalue weighted by atomic mass is 9.74. The van der Waals surface area contributed by atoms with Crippen molar-refractivity contribution >= 4 is 23.5 Å². The molecule has 0 aromatic rings. The van der Waals surface area contributed by atoms with E-state index in [9.17, 15) is 19.2 Å². The molecule has 2 aliphatic rings. The number of Topliss-reactive ketones (excluding diaryl/α,β-unsaturated/α-hetero) is 1. The second-order valence-electron chi connectivity index (χ2n) is 7.76. The molecule has 0 spiro atoms. The van der Waals surface area contributed by atoms with Gasteiger partial charge in [0.1, 0.15) is 11.5 Å². The highest BCUT2D eigenvalue weighted by Gasteiger charge is 2.54. The van der Waals surface area contributed by atoms with Crippen molar-refractivity contribution in [1.29, 1.82) is 0 Å². The molecule has 0 unspecified atom stereocenters. The minimum Gasteiger partial charge on any atom is -0.468 e. The highest BCUT2D eigenvalue weighted by atomic mass is 16.5. The van der Waals surface area contributed by atoms with E-state index in [1.807, 2.05) is 6.92 Å². The summed E-state index contributed by atoms with van der Waals surface area (Å²) in [6.07, 6.45) is 8.99. The predicted octanol–water partition coefficient (Wildman–Crippen LogP) is 3.48. The molecule has 0 saturated heterocycles. The molecular weight excluding hydrogens is 360 g/mol. The monoisotopic (exact) mass is 390 g/mol. The van der Waals surface area contributed by atoms with E-state index < -0.39 is 11.4 Å². The van der Waals surface area contributed by atoms with E-state index in [2.05, 4.69) is 6.08 Å². The lowest BCUT2D eigenvalue weighted by Gasteiger charge is -2.28. The number of hydrogen-bond acceptors (Lipinski definition) is 6. The average molecular weight is 390 g/mol. The molecule has 1 saturated carbocycles. The first kappa shape index (κ1) is 22.1. The van der Waals surface area contributed by atoms with Crippen molar-refractivity contribution in [2.45, 2.75) is 71.3 Å². The Labute approximate surface area is 166 Å². The van der Waals surface area contributed by atoms with Crippen LogP contribution in [-0.4, -0.2) is 36.7 Å². The molecule has 154 valence electrons. The highest BCUT2D eigenvalue weighted by Crippen LogP contribution is 2.45. The number of fused-ring (bicyclic) bond motifs is 1. The van der Waals surface area contributed by atoms with Gasteiger partial charge in [0, 0.05) is 19.8 Å². The number of methoxy groups -OCH3 is 1. The second-order valence-corrected chi connectivity index (χ2v) is 7.76. The van der Waals surface area contributed by atoms with E-state index >= 15 is 0 Å². The van der Waals surface area contributed by atoms with Crippen molar-refractivity contribution in [3.8, 4) is 0 Å². The number of hydrogen-bond donors (Lipinski definition) is 0. The topological polar surface area (TPSA) is 86.7 Å². The summed E-state index contributed by atoms with van der Waals surface area (Å²) >= 11 is 0. The predicted molar refractivity (Wildman–Crippen MR) is 103 cm³/mol. The maximum atomic E-state index is 12.7. The minimum atomic E-state index is -1.37. The van der Waals surface area contributed by atoms with E-state index in [0.717, 1.165) is 12.8 Å². The van der Waals surface area contributed by atoms with Crippen molar-refractivity contribution in [3.63, 3.8) is 0 Å². The molecule has 0 amide bonds. The summed E-state index contributed by atoms with van der Waals surface area (Å²) < 4.78 is 10.3. The first-order valence-corrected chi connectivity index (χ1v) is 9.96. The number of rotatable bonds is 2. The van der Waals surface area contributed by atoms with Crippen molar-refractivity contribution in [1.82, 2.24) is 0 Å². The molecule has 28 heavy (non-hydrogen) atoms. The van der Waals surface area contributed by atoms with Gasteiger partial charge in [0.2, 0.25) is 0 Å². The van der Waals surface area contributed by atoms with Crippen molar-refractivity contribution < 1.29 is 28.7 Å². The zero-order valence-electron chi connectivity index (χ0n) is 17.0. The first-order valence-electron chi connectivity index (χ1n) is 9.96. The summed E-state index contributed by atoms with van der Waals surface area (Å²) in [5, 5.41) is 0. The Balaban J connectivity index is 2.31. The fourth-order valence-corrected chi connectivity index (χ4v) is 4.22. The molecule has 0 aliphatic heterocycles. The number of carbonyl (C=O) groups excluding carboxylic acids is 4. The van der Waals surface area contributed by atoms with E-state index in [-0.39, 0.29) is 36.0 Å². The normalized spacial score (nSPS) is 32.5. The molecule has 0 aromatic carbocycles. The van der Waals surface area contributed by atoms with Crippen molar-refractivity contribution in [2.75, 3.05) is 7.11 Å². The van der Waals surface area contributed by atoms with E-state index in [1.54, 1.807) is 0 Å². The summed E-state index contributed by atoms with van der Waals surface area (Å²) in [7, 11) is 1.27. The maximum Gasteiger partial charge on any atom is 0.323 e. The molecule has 1 fully saturated rings. The van der Waals surface area contributed by atoms with Gasteiger partial charge in [0.15, 0.2) is 11.6 Å². The third kappa shape index (κ3) is 5.18. The fourth-order valence-electron chi connectivity index (χ4n) is 4.22. The third-order valence-electron chi connectivity index (χ3n) is 5.79. The first-order chi connectivity index (χ1) is 13.3. The van der Waals surface area contributed by atoms with Gasteiger partial charge in [-0.25, -0.2) is 0 Å². The quantitative estimate of drug-likeness (QED) is 0.408. The molecule has 6 nitrogen and oxygen atoms in total. The van der Waals surface area contributed by atoms with E-state index in [1.165, 1.54) is 31.8 Å². The van der Waals surface area contributed by atoms with E-state index in [4.69, 9.17) is 9.47 Å². The van der Waals surface area contributed by atoms with Crippen LogP contribution in [0.1, 0.15) is 65.2 Å². The van der Waals surface area contributed by atoms with Crippen LogP contribution in [0.2, 0.25) is 0 Å². The van der Waals surface area contributed by atoms with Gasteiger partial charge < -0.3 is 9.47 Å². The molecular formula is C22H30O6. The molecule has 3 atom stereocenters. The van der Waals surface area contributed by atoms with Crippen LogP contribution < -0.4 is 0 Å². The average Bonchev–Trinajstić information content (AvgIpc) is 2.97. The lowest BCUT2D eigenvalue weighted by Crippen LogP contribution is -2.40. The van der Waals surface area contributed by atoms with Gasteiger partial charge in [-0.15, -0.1) is 0 Å². The second kappa shape index (κ2) is 9.80. The Morgan fingerprint density at radius 1 is 1.07 bits per heavy atom. The Kier molecular flexibility index (Phi) is 7.72. The smallest absolute Gasteiger partial charge is 0.323 e. The fraction of sp³-hybridized carbons (Fsp3) is 0.636. The number of allylic oxidation sites excluding steroid dienone is 3. The molecule has 0 N–H and O–H groups in total.